The Balaban J connectivity index is 2.25. The van der Waals surface area contributed by atoms with Crippen LogP contribution in [-0.2, 0) is 4.74 Å². The van der Waals surface area contributed by atoms with Crippen LogP contribution in [0.25, 0.3) is 0 Å². The average molecular weight is 122 g/mol. The van der Waals surface area contributed by atoms with Gasteiger partial charge in [-0.1, -0.05) is 0 Å². The van der Waals surface area contributed by atoms with Crippen LogP contribution >= 0.6 is 0 Å². The van der Waals surface area contributed by atoms with Crippen LogP contribution in [0.1, 0.15) is 0 Å². The van der Waals surface area contributed by atoms with Gasteiger partial charge in [0.2, 0.25) is 0 Å². The average Bonchev–Trinajstić information content (AvgIpc) is 2.33. The second-order valence-electron chi connectivity index (χ2n) is 1.95. The lowest BCUT2D eigenvalue weighted by Crippen LogP contribution is -2.19. The molecule has 0 spiro atoms. The van der Waals surface area contributed by atoms with E-state index in [0.29, 0.717) is 0 Å². The Bertz CT molecular complexity index is 195. The molecule has 46 valence electrons. The molecule has 0 radical (unpaired) electrons. The molecule has 0 aromatic carbocycles. The maximum atomic E-state index is 5.06. The molecule has 3 nitrogen and oxygen atoms in total. The summed E-state index contributed by atoms with van der Waals surface area (Å²) < 4.78 is 5.06. The summed E-state index contributed by atoms with van der Waals surface area (Å²) in [6, 6.07) is 0. The first-order chi connectivity index (χ1) is 4.47. The lowest BCUT2D eigenvalue weighted by atomic mass is 10.2. The van der Waals surface area contributed by atoms with Crippen LogP contribution in [0.15, 0.2) is 22.1 Å². The van der Waals surface area contributed by atoms with Crippen LogP contribution in [0.3, 0.4) is 0 Å². The fourth-order valence-corrected chi connectivity index (χ4v) is 0.888. The molecule has 0 amide bonds. The van der Waals surface area contributed by atoms with E-state index in [9.17, 15) is 0 Å². The maximum absolute atomic E-state index is 5.06. The number of hydrogen-bond acceptors (Lipinski definition) is 3. The number of ether oxygens (including phenoxy) is 1. The molecule has 2 unspecified atom stereocenters. The summed E-state index contributed by atoms with van der Waals surface area (Å²) in [7, 11) is 0. The van der Waals surface area contributed by atoms with Crippen molar-refractivity contribution < 1.29 is 4.74 Å². The highest BCUT2D eigenvalue weighted by molar-refractivity contribution is 5.73. The SMILES string of the molecule is C1=CC2OC=NC2N=C1. The smallest absolute Gasteiger partial charge is 0.183 e. The molecule has 2 rings (SSSR count). The highest BCUT2D eigenvalue weighted by Crippen LogP contribution is 2.13. The Morgan fingerprint density at radius 2 is 2.33 bits per heavy atom. The minimum atomic E-state index is -0.00463. The molecule has 2 heterocycles. The summed E-state index contributed by atoms with van der Waals surface area (Å²) in [5.41, 5.74) is 0. The van der Waals surface area contributed by atoms with Crippen molar-refractivity contribution in [2.24, 2.45) is 9.98 Å². The fourth-order valence-electron chi connectivity index (χ4n) is 0.888. The van der Waals surface area contributed by atoms with Crippen molar-refractivity contribution >= 4 is 12.6 Å². The summed E-state index contributed by atoms with van der Waals surface area (Å²) in [6.45, 7) is 0. The van der Waals surface area contributed by atoms with E-state index in [4.69, 9.17) is 4.74 Å². The van der Waals surface area contributed by atoms with Crippen LogP contribution in [-0.4, -0.2) is 24.9 Å². The number of allylic oxidation sites excluding steroid dienone is 1. The Morgan fingerprint density at radius 1 is 1.33 bits per heavy atom. The van der Waals surface area contributed by atoms with E-state index in [2.05, 4.69) is 9.98 Å². The van der Waals surface area contributed by atoms with E-state index in [1.54, 1.807) is 6.21 Å². The molecule has 2 aliphatic rings. The summed E-state index contributed by atoms with van der Waals surface area (Å²) in [5, 5.41) is 0. The molecule has 0 saturated heterocycles. The minimum absolute atomic E-state index is 0.00463. The predicted molar refractivity (Wildman–Crippen MR) is 34.8 cm³/mol. The summed E-state index contributed by atoms with van der Waals surface area (Å²) >= 11 is 0. The van der Waals surface area contributed by atoms with Crippen molar-refractivity contribution in [1.82, 2.24) is 0 Å². The molecule has 3 heteroatoms. The van der Waals surface area contributed by atoms with Gasteiger partial charge in [-0.25, -0.2) is 4.99 Å². The molecule has 2 atom stereocenters. The van der Waals surface area contributed by atoms with Crippen molar-refractivity contribution in [3.05, 3.63) is 12.2 Å². The third-order valence-corrected chi connectivity index (χ3v) is 1.35. The van der Waals surface area contributed by atoms with E-state index in [1.807, 2.05) is 12.2 Å². The topological polar surface area (TPSA) is 34.0 Å². The summed E-state index contributed by atoms with van der Waals surface area (Å²) in [6.07, 6.45) is 7.08. The molecule has 0 aromatic rings. The first-order valence-corrected chi connectivity index (χ1v) is 2.84. The van der Waals surface area contributed by atoms with E-state index < -0.39 is 0 Å². The first kappa shape index (κ1) is 4.73. The van der Waals surface area contributed by atoms with Gasteiger partial charge in [0.05, 0.1) is 0 Å². The third-order valence-electron chi connectivity index (χ3n) is 1.35. The second-order valence-corrected chi connectivity index (χ2v) is 1.95. The normalized spacial score (nSPS) is 36.4. The molecule has 0 N–H and O–H groups in total. The van der Waals surface area contributed by atoms with Gasteiger partial charge in [-0.05, 0) is 12.2 Å². The fraction of sp³-hybridized carbons (Fsp3) is 0.333. The number of dihydropyridines is 1. The van der Waals surface area contributed by atoms with Crippen LogP contribution < -0.4 is 0 Å². The van der Waals surface area contributed by atoms with Crippen molar-refractivity contribution in [1.29, 1.82) is 0 Å². The zero-order valence-electron chi connectivity index (χ0n) is 4.77. The molecule has 0 bridgehead atoms. The lowest BCUT2D eigenvalue weighted by molar-refractivity contribution is 0.252. The summed E-state index contributed by atoms with van der Waals surface area (Å²) in [4.78, 5) is 8.02. The standard InChI is InChI=1S/C6H6N2O/c1-2-5-6(7-3-1)8-4-9-5/h1-6H. The van der Waals surface area contributed by atoms with Gasteiger partial charge in [0.1, 0.15) is 0 Å². The van der Waals surface area contributed by atoms with Crippen LogP contribution in [0.4, 0.5) is 0 Å². The molecule has 9 heavy (non-hydrogen) atoms. The Hall–Kier alpha value is -1.12. The highest BCUT2D eigenvalue weighted by Gasteiger charge is 2.22. The third kappa shape index (κ3) is 0.650. The molecule has 0 fully saturated rings. The van der Waals surface area contributed by atoms with Crippen LogP contribution in [0, 0.1) is 0 Å². The van der Waals surface area contributed by atoms with Gasteiger partial charge in [0, 0.05) is 6.21 Å². The van der Waals surface area contributed by atoms with E-state index in [0.717, 1.165) is 0 Å². The summed E-state index contributed by atoms with van der Waals surface area (Å²) in [5.74, 6) is 0. The van der Waals surface area contributed by atoms with Gasteiger partial charge < -0.3 is 4.74 Å². The Morgan fingerprint density at radius 3 is 3.22 bits per heavy atom. The van der Waals surface area contributed by atoms with E-state index >= 15 is 0 Å². The number of aliphatic imine (C=N–C) groups is 2. The number of fused-ring (bicyclic) bond motifs is 1. The number of hydrogen-bond donors (Lipinski definition) is 0. The molecule has 2 aliphatic heterocycles. The van der Waals surface area contributed by atoms with Gasteiger partial charge in [0.15, 0.2) is 18.7 Å². The monoisotopic (exact) mass is 122 g/mol. The Labute approximate surface area is 52.8 Å². The number of nitrogens with zero attached hydrogens (tertiary/aromatic N) is 2. The Kier molecular flexibility index (Phi) is 0.886. The molecule has 0 saturated carbocycles. The zero-order valence-corrected chi connectivity index (χ0v) is 4.77. The van der Waals surface area contributed by atoms with Crippen LogP contribution in [0.5, 0.6) is 0 Å². The van der Waals surface area contributed by atoms with Crippen LogP contribution in [0.2, 0.25) is 0 Å². The van der Waals surface area contributed by atoms with E-state index in [1.165, 1.54) is 6.40 Å². The molecule has 0 aliphatic carbocycles. The lowest BCUT2D eigenvalue weighted by Gasteiger charge is -2.10. The van der Waals surface area contributed by atoms with Gasteiger partial charge in [-0.2, -0.15) is 0 Å². The largest absolute Gasteiger partial charge is 0.472 e. The van der Waals surface area contributed by atoms with Crippen molar-refractivity contribution in [3.8, 4) is 0 Å². The van der Waals surface area contributed by atoms with Gasteiger partial charge in [-0.3, -0.25) is 4.99 Å². The molecular formula is C6H6N2O. The number of rotatable bonds is 0. The maximum Gasteiger partial charge on any atom is 0.183 e. The van der Waals surface area contributed by atoms with Gasteiger partial charge in [0.25, 0.3) is 0 Å². The van der Waals surface area contributed by atoms with Crippen molar-refractivity contribution in [3.63, 3.8) is 0 Å². The predicted octanol–water partition coefficient (Wildman–Crippen LogP) is 0.380. The van der Waals surface area contributed by atoms with Gasteiger partial charge in [-0.15, -0.1) is 0 Å². The minimum Gasteiger partial charge on any atom is -0.472 e. The quantitative estimate of drug-likeness (QED) is 0.457. The van der Waals surface area contributed by atoms with E-state index in [-0.39, 0.29) is 12.3 Å². The molecule has 0 aromatic heterocycles. The highest BCUT2D eigenvalue weighted by atomic mass is 16.5. The second kappa shape index (κ2) is 1.69. The van der Waals surface area contributed by atoms with Crippen molar-refractivity contribution in [2.75, 3.05) is 0 Å². The molecular weight excluding hydrogens is 116 g/mol. The van der Waals surface area contributed by atoms with Gasteiger partial charge >= 0.3 is 0 Å². The van der Waals surface area contributed by atoms with Crippen molar-refractivity contribution in [2.45, 2.75) is 12.3 Å². The first-order valence-electron chi connectivity index (χ1n) is 2.84. The zero-order chi connectivity index (χ0) is 6.10.